The van der Waals surface area contributed by atoms with Crippen LogP contribution >= 0.6 is 0 Å². The summed E-state index contributed by atoms with van der Waals surface area (Å²) in [4.78, 5) is 17.1. The maximum Gasteiger partial charge on any atom is 0.300 e. The molecule has 0 spiro atoms. The third-order valence-electron chi connectivity index (χ3n) is 5.41. The lowest BCUT2D eigenvalue weighted by molar-refractivity contribution is -0.115. The van der Waals surface area contributed by atoms with Crippen molar-refractivity contribution in [3.8, 4) is 0 Å². The number of nitrogens with zero attached hydrogens (tertiary/aromatic N) is 3. The van der Waals surface area contributed by atoms with Gasteiger partial charge >= 0.3 is 0 Å². The number of aliphatic hydroxyl groups excluding tert-OH is 1. The van der Waals surface area contributed by atoms with Crippen LogP contribution in [0.5, 0.6) is 0 Å². The van der Waals surface area contributed by atoms with Crippen molar-refractivity contribution in [3.63, 3.8) is 0 Å². The molecule has 0 saturated heterocycles. The molecule has 0 atom stereocenters. The smallest absolute Gasteiger partial charge is 0.300 e. The summed E-state index contributed by atoms with van der Waals surface area (Å²) >= 11 is 0. The summed E-state index contributed by atoms with van der Waals surface area (Å²) in [7, 11) is -2.70. The van der Waals surface area contributed by atoms with E-state index in [-0.39, 0.29) is 21.9 Å². The van der Waals surface area contributed by atoms with Gasteiger partial charge in [-0.3, -0.25) is 9.10 Å². The fourth-order valence-corrected chi connectivity index (χ4v) is 5.04. The molecule has 0 fully saturated rings. The Bertz CT molecular complexity index is 1150. The molecule has 0 saturated carbocycles. The van der Waals surface area contributed by atoms with Crippen molar-refractivity contribution in [2.45, 2.75) is 56.9 Å². The number of amides is 1. The molecule has 1 aromatic heterocycles. The molecule has 2 heterocycles. The summed E-state index contributed by atoms with van der Waals surface area (Å²) in [6.45, 7) is 2.90. The van der Waals surface area contributed by atoms with Crippen LogP contribution in [0.1, 0.15) is 51.0 Å². The van der Waals surface area contributed by atoms with Gasteiger partial charge in [-0.1, -0.05) is 57.2 Å². The van der Waals surface area contributed by atoms with E-state index in [1.54, 1.807) is 24.3 Å². The zero-order chi connectivity index (χ0) is 22.4. The summed E-state index contributed by atoms with van der Waals surface area (Å²) in [5.74, 6) is -1.19. The Kier molecular flexibility index (Phi) is 7.33. The highest BCUT2D eigenvalue weighted by atomic mass is 32.2. The van der Waals surface area contributed by atoms with Crippen LogP contribution in [0.15, 0.2) is 64.2 Å². The van der Waals surface area contributed by atoms with Crippen molar-refractivity contribution in [1.29, 1.82) is 0 Å². The Morgan fingerprint density at radius 3 is 2.45 bits per heavy atom. The number of unbranched alkanes of at least 4 members (excludes halogenated alkanes) is 5. The van der Waals surface area contributed by atoms with Crippen LogP contribution in [0, 0.1) is 0 Å². The lowest BCUT2D eigenvalue weighted by atomic mass is 10.1. The first-order valence-corrected chi connectivity index (χ1v) is 12.1. The maximum absolute atomic E-state index is 13.0. The van der Waals surface area contributed by atoms with Gasteiger partial charge in [0.1, 0.15) is 5.49 Å². The minimum atomic E-state index is -3.95. The number of hydrogen-bond acceptors (Lipinski definition) is 4. The van der Waals surface area contributed by atoms with E-state index < -0.39 is 15.9 Å². The van der Waals surface area contributed by atoms with Crippen LogP contribution in [-0.2, 0) is 21.4 Å². The van der Waals surface area contributed by atoms with E-state index in [0.29, 0.717) is 12.0 Å². The minimum Gasteiger partial charge on any atom is -0.505 e. The fourth-order valence-electron chi connectivity index (χ4n) is 3.64. The standard InChI is InChI=1S/C23H29N3O4S/c1-3-4-5-6-7-11-16-26-17-12-10-15-20(26)24-23(28)21-22(27)18-13-8-9-14-19(18)31(29,30)25(21)2/h8-10,12-15,17,27H,3-7,11,16H2,1-2H3. The van der Waals surface area contributed by atoms with E-state index >= 15 is 0 Å². The molecular weight excluding hydrogens is 414 g/mol. The van der Waals surface area contributed by atoms with E-state index in [2.05, 4.69) is 11.9 Å². The number of fused-ring (bicyclic) bond motifs is 1. The highest BCUT2D eigenvalue weighted by Crippen LogP contribution is 2.34. The van der Waals surface area contributed by atoms with Gasteiger partial charge < -0.3 is 9.67 Å². The number of aliphatic hydroxyl groups is 1. The molecular formula is C23H29N3O4S. The molecule has 166 valence electrons. The number of sulfonamides is 1. The second-order valence-corrected chi connectivity index (χ2v) is 9.54. The molecule has 1 aliphatic rings. The van der Waals surface area contributed by atoms with Crippen molar-refractivity contribution in [2.75, 3.05) is 7.05 Å². The Labute approximate surface area is 183 Å². The van der Waals surface area contributed by atoms with E-state index in [1.807, 2.05) is 16.8 Å². The number of aromatic nitrogens is 1. The summed E-state index contributed by atoms with van der Waals surface area (Å²) in [5, 5.41) is 10.7. The van der Waals surface area contributed by atoms with Gasteiger partial charge in [0.05, 0.1) is 4.90 Å². The second-order valence-electron chi connectivity index (χ2n) is 7.60. The zero-order valence-electron chi connectivity index (χ0n) is 18.0. The molecule has 0 unspecified atom stereocenters. The molecule has 2 aromatic rings. The highest BCUT2D eigenvalue weighted by molar-refractivity contribution is 7.89. The van der Waals surface area contributed by atoms with E-state index in [4.69, 9.17) is 0 Å². The number of hydrogen-bond donors (Lipinski definition) is 1. The molecule has 1 aliphatic heterocycles. The van der Waals surface area contributed by atoms with Gasteiger partial charge in [0.25, 0.3) is 15.9 Å². The summed E-state index contributed by atoms with van der Waals surface area (Å²) in [6, 6.07) is 11.4. The van der Waals surface area contributed by atoms with Crippen molar-refractivity contribution >= 4 is 21.7 Å². The Hall–Kier alpha value is -2.87. The largest absolute Gasteiger partial charge is 0.505 e. The predicted molar refractivity (Wildman–Crippen MR) is 119 cm³/mol. The van der Waals surface area contributed by atoms with Crippen molar-refractivity contribution in [2.24, 2.45) is 4.99 Å². The average Bonchev–Trinajstić information content (AvgIpc) is 2.76. The molecule has 1 N–H and O–H groups in total. The van der Waals surface area contributed by atoms with Crippen LogP contribution < -0.4 is 5.49 Å². The zero-order valence-corrected chi connectivity index (χ0v) is 18.8. The van der Waals surface area contributed by atoms with Gasteiger partial charge in [-0.05, 0) is 30.7 Å². The number of likely N-dealkylation sites (N-methyl/N-ethyl adjacent to an activating group) is 1. The van der Waals surface area contributed by atoms with Gasteiger partial charge in [0, 0.05) is 25.4 Å². The molecule has 1 aromatic carbocycles. The first-order chi connectivity index (χ1) is 14.9. The molecule has 0 bridgehead atoms. The quantitative estimate of drug-likeness (QED) is 0.628. The molecule has 7 nitrogen and oxygen atoms in total. The first-order valence-electron chi connectivity index (χ1n) is 10.6. The van der Waals surface area contributed by atoms with Gasteiger partial charge in [-0.15, -0.1) is 0 Å². The van der Waals surface area contributed by atoms with Crippen molar-refractivity contribution in [1.82, 2.24) is 8.87 Å². The van der Waals surface area contributed by atoms with Crippen molar-refractivity contribution < 1.29 is 18.3 Å². The van der Waals surface area contributed by atoms with Crippen molar-refractivity contribution in [3.05, 3.63) is 65.4 Å². The van der Waals surface area contributed by atoms with Crippen LogP contribution in [0.3, 0.4) is 0 Å². The number of aryl methyl sites for hydroxylation is 1. The Balaban J connectivity index is 1.89. The lowest BCUT2D eigenvalue weighted by Gasteiger charge is -2.27. The summed E-state index contributed by atoms with van der Waals surface area (Å²) in [5.41, 5.74) is 0.173. The Morgan fingerprint density at radius 2 is 1.68 bits per heavy atom. The predicted octanol–water partition coefficient (Wildman–Crippen LogP) is 3.84. The molecule has 1 amide bonds. The van der Waals surface area contributed by atoms with E-state index in [9.17, 15) is 18.3 Å². The summed E-state index contributed by atoms with van der Waals surface area (Å²) < 4.78 is 28.3. The molecule has 3 rings (SSSR count). The van der Waals surface area contributed by atoms with E-state index in [0.717, 1.165) is 17.1 Å². The number of benzene rings is 1. The third kappa shape index (κ3) is 4.90. The second kappa shape index (κ2) is 9.96. The van der Waals surface area contributed by atoms with Gasteiger partial charge in [-0.2, -0.15) is 4.99 Å². The number of pyridine rings is 1. The van der Waals surface area contributed by atoms with E-state index in [1.165, 1.54) is 44.9 Å². The van der Waals surface area contributed by atoms with Crippen LogP contribution in [-0.4, -0.2) is 35.4 Å². The first kappa shape index (κ1) is 22.8. The van der Waals surface area contributed by atoms with Gasteiger partial charge in [-0.25, -0.2) is 8.42 Å². The van der Waals surface area contributed by atoms with Crippen LogP contribution in [0.4, 0.5) is 0 Å². The molecule has 0 radical (unpaired) electrons. The number of carbonyl (C=O) groups excluding carboxylic acids is 1. The number of rotatable bonds is 8. The number of carbonyl (C=O) groups is 1. The topological polar surface area (TPSA) is 92.0 Å². The molecule has 31 heavy (non-hydrogen) atoms. The van der Waals surface area contributed by atoms with Gasteiger partial charge in [0.2, 0.25) is 0 Å². The lowest BCUT2D eigenvalue weighted by Crippen LogP contribution is -2.35. The Morgan fingerprint density at radius 1 is 1.00 bits per heavy atom. The highest BCUT2D eigenvalue weighted by Gasteiger charge is 2.37. The molecule has 0 aliphatic carbocycles. The minimum absolute atomic E-state index is 0.0376. The van der Waals surface area contributed by atoms with Crippen LogP contribution in [0.2, 0.25) is 0 Å². The fraction of sp³-hybridized carbons (Fsp3) is 0.391. The monoisotopic (exact) mass is 443 g/mol. The molecule has 8 heteroatoms. The maximum atomic E-state index is 13.0. The normalized spacial score (nSPS) is 15.8. The van der Waals surface area contributed by atoms with Crippen LogP contribution in [0.25, 0.3) is 5.76 Å². The third-order valence-corrected chi connectivity index (χ3v) is 7.22. The SMILES string of the molecule is CCCCCCCCn1ccccc1=NC(=O)C1=C(O)c2ccccc2S(=O)(=O)N1C. The van der Waals surface area contributed by atoms with Gasteiger partial charge in [0.15, 0.2) is 11.5 Å². The average molecular weight is 444 g/mol. The summed E-state index contributed by atoms with van der Waals surface area (Å²) in [6.07, 6.45) is 8.76.